The molecule has 0 atom stereocenters. The lowest BCUT2D eigenvalue weighted by molar-refractivity contribution is 0.859. The van der Waals surface area contributed by atoms with Crippen molar-refractivity contribution in [1.29, 1.82) is 0 Å². The number of benzene rings is 2. The molecule has 2 aromatic carbocycles. The Hall–Kier alpha value is -2.08. The molecule has 0 N–H and O–H groups in total. The molecule has 0 unspecified atom stereocenters. The minimum atomic E-state index is 0.556. The molecule has 0 heteroatoms. The number of fused-ring (bicyclic) bond motifs is 3. The van der Waals surface area contributed by atoms with Gasteiger partial charge in [-0.05, 0) is 69.2 Å². The first kappa shape index (κ1) is 15.4. The second-order valence-corrected chi connectivity index (χ2v) is 7.75. The van der Waals surface area contributed by atoms with Crippen LogP contribution in [-0.2, 0) is 6.42 Å². The first-order valence-corrected chi connectivity index (χ1v) is 9.22. The smallest absolute Gasteiger partial charge is 0.000719 e. The molecule has 0 heterocycles. The van der Waals surface area contributed by atoms with Crippen LogP contribution in [0.2, 0.25) is 0 Å². The summed E-state index contributed by atoms with van der Waals surface area (Å²) in [6, 6.07) is 11.6. The fourth-order valence-electron chi connectivity index (χ4n) is 4.34. The normalized spacial score (nSPS) is 15.2. The zero-order valence-corrected chi connectivity index (χ0v) is 15.2. The van der Waals surface area contributed by atoms with Gasteiger partial charge in [-0.2, -0.15) is 0 Å². The lowest BCUT2D eigenvalue weighted by Crippen LogP contribution is -2.01. The second-order valence-electron chi connectivity index (χ2n) is 7.75. The summed E-state index contributed by atoms with van der Waals surface area (Å²) < 4.78 is 0. The van der Waals surface area contributed by atoms with Crippen LogP contribution in [0.25, 0.3) is 16.7 Å². The van der Waals surface area contributed by atoms with E-state index >= 15 is 0 Å². The van der Waals surface area contributed by atoms with E-state index < -0.39 is 0 Å². The summed E-state index contributed by atoms with van der Waals surface area (Å²) >= 11 is 0. The molecule has 2 aliphatic rings. The monoisotopic (exact) mass is 314 g/mol. The van der Waals surface area contributed by atoms with Gasteiger partial charge in [0.25, 0.3) is 0 Å². The predicted octanol–water partition coefficient (Wildman–Crippen LogP) is 6.85. The van der Waals surface area contributed by atoms with Crippen LogP contribution in [0.15, 0.2) is 48.6 Å². The molecule has 2 aromatic rings. The van der Waals surface area contributed by atoms with Crippen molar-refractivity contribution in [3.05, 3.63) is 76.4 Å². The lowest BCUT2D eigenvalue weighted by Gasteiger charge is -2.19. The average Bonchev–Trinajstić information content (AvgIpc) is 3.20. The molecule has 122 valence electrons. The van der Waals surface area contributed by atoms with Gasteiger partial charge in [0.2, 0.25) is 0 Å². The SMILES string of the molecule is CC(C)c1ccc2c(c1C1=CC=CC1)Cc1cccc(C(C)C)c1-2. The Morgan fingerprint density at radius 2 is 1.58 bits per heavy atom. The van der Waals surface area contributed by atoms with E-state index in [0.717, 1.165) is 12.8 Å². The maximum Gasteiger partial charge on any atom is -0.000719 e. The van der Waals surface area contributed by atoms with E-state index in [0.29, 0.717) is 11.8 Å². The van der Waals surface area contributed by atoms with Crippen LogP contribution in [0.3, 0.4) is 0 Å². The summed E-state index contributed by atoms with van der Waals surface area (Å²) in [5.41, 5.74) is 12.1. The van der Waals surface area contributed by atoms with Crippen molar-refractivity contribution >= 4 is 5.57 Å². The summed E-state index contributed by atoms with van der Waals surface area (Å²) in [4.78, 5) is 0. The van der Waals surface area contributed by atoms with Crippen molar-refractivity contribution in [3.63, 3.8) is 0 Å². The molecule has 0 radical (unpaired) electrons. The molecule has 4 rings (SSSR count). The van der Waals surface area contributed by atoms with Crippen LogP contribution < -0.4 is 0 Å². The van der Waals surface area contributed by atoms with Gasteiger partial charge in [0.15, 0.2) is 0 Å². The van der Waals surface area contributed by atoms with Crippen molar-refractivity contribution < 1.29 is 0 Å². The Kier molecular flexibility index (Phi) is 3.72. The molecule has 0 spiro atoms. The van der Waals surface area contributed by atoms with Crippen molar-refractivity contribution in [3.8, 4) is 11.1 Å². The first-order chi connectivity index (χ1) is 11.6. The maximum atomic E-state index is 2.38. The van der Waals surface area contributed by atoms with Gasteiger partial charge >= 0.3 is 0 Å². The van der Waals surface area contributed by atoms with E-state index in [1.807, 2.05) is 0 Å². The molecule has 0 fully saturated rings. The first-order valence-electron chi connectivity index (χ1n) is 9.22. The summed E-state index contributed by atoms with van der Waals surface area (Å²) in [6.45, 7) is 9.24. The third-order valence-electron chi connectivity index (χ3n) is 5.50. The number of hydrogen-bond donors (Lipinski definition) is 0. The van der Waals surface area contributed by atoms with Gasteiger partial charge in [0.05, 0.1) is 0 Å². The van der Waals surface area contributed by atoms with Crippen molar-refractivity contribution in [2.75, 3.05) is 0 Å². The molecular formula is C24H26. The summed E-state index contributed by atoms with van der Waals surface area (Å²) in [5, 5.41) is 0. The van der Waals surface area contributed by atoms with Crippen LogP contribution >= 0.6 is 0 Å². The van der Waals surface area contributed by atoms with Crippen molar-refractivity contribution in [2.45, 2.75) is 52.4 Å². The fourth-order valence-corrected chi connectivity index (χ4v) is 4.34. The molecule has 0 nitrogen and oxygen atoms in total. The third-order valence-corrected chi connectivity index (χ3v) is 5.50. The summed E-state index contributed by atoms with van der Waals surface area (Å²) in [5.74, 6) is 1.12. The zero-order chi connectivity index (χ0) is 16.8. The van der Waals surface area contributed by atoms with E-state index in [1.165, 1.54) is 39.0 Å². The van der Waals surface area contributed by atoms with Crippen LogP contribution in [0, 0.1) is 0 Å². The van der Waals surface area contributed by atoms with Gasteiger partial charge in [-0.1, -0.05) is 76.3 Å². The molecule has 2 aliphatic carbocycles. The standard InChI is InChI=1S/C24H26/c1-15(2)19-11-7-10-18-14-22-21(24(18)19)13-12-20(16(3)4)23(22)17-8-5-6-9-17/h5-8,10-13,15-16H,9,14H2,1-4H3. The third kappa shape index (κ3) is 2.28. The van der Waals surface area contributed by atoms with Crippen molar-refractivity contribution in [2.24, 2.45) is 0 Å². The van der Waals surface area contributed by atoms with E-state index in [-0.39, 0.29) is 0 Å². The highest BCUT2D eigenvalue weighted by Gasteiger charge is 2.27. The highest BCUT2D eigenvalue weighted by molar-refractivity contribution is 5.87. The van der Waals surface area contributed by atoms with Gasteiger partial charge in [-0.3, -0.25) is 0 Å². The van der Waals surface area contributed by atoms with Gasteiger partial charge in [0, 0.05) is 0 Å². The van der Waals surface area contributed by atoms with E-state index in [2.05, 4.69) is 76.3 Å². The van der Waals surface area contributed by atoms with E-state index in [4.69, 9.17) is 0 Å². The Labute approximate surface area is 145 Å². The fraction of sp³-hybridized carbons (Fsp3) is 0.333. The molecule has 0 saturated carbocycles. The molecule has 24 heavy (non-hydrogen) atoms. The highest BCUT2D eigenvalue weighted by Crippen LogP contribution is 2.46. The molecular weight excluding hydrogens is 288 g/mol. The molecule has 0 bridgehead atoms. The van der Waals surface area contributed by atoms with Crippen LogP contribution in [-0.4, -0.2) is 0 Å². The topological polar surface area (TPSA) is 0 Å². The number of rotatable bonds is 3. The summed E-state index contributed by atoms with van der Waals surface area (Å²) in [6.07, 6.45) is 8.96. The minimum absolute atomic E-state index is 0.556. The quantitative estimate of drug-likeness (QED) is 0.496. The Morgan fingerprint density at radius 3 is 2.25 bits per heavy atom. The van der Waals surface area contributed by atoms with Crippen LogP contribution in [0.4, 0.5) is 0 Å². The summed E-state index contributed by atoms with van der Waals surface area (Å²) in [7, 11) is 0. The van der Waals surface area contributed by atoms with Gasteiger partial charge in [-0.25, -0.2) is 0 Å². The largest absolute Gasteiger partial charge is 0.0801 e. The Morgan fingerprint density at radius 1 is 0.833 bits per heavy atom. The molecule has 0 saturated heterocycles. The van der Waals surface area contributed by atoms with Gasteiger partial charge in [-0.15, -0.1) is 0 Å². The Balaban J connectivity index is 1.97. The lowest BCUT2D eigenvalue weighted by atomic mass is 9.85. The van der Waals surface area contributed by atoms with Crippen molar-refractivity contribution in [1.82, 2.24) is 0 Å². The van der Waals surface area contributed by atoms with Gasteiger partial charge in [0.1, 0.15) is 0 Å². The van der Waals surface area contributed by atoms with E-state index in [9.17, 15) is 0 Å². The minimum Gasteiger partial charge on any atom is -0.0801 e. The molecule has 0 aromatic heterocycles. The van der Waals surface area contributed by atoms with Crippen LogP contribution in [0.1, 0.15) is 73.8 Å². The number of hydrogen-bond acceptors (Lipinski definition) is 0. The highest BCUT2D eigenvalue weighted by atomic mass is 14.3. The Bertz CT molecular complexity index is 860. The maximum absolute atomic E-state index is 2.38. The van der Waals surface area contributed by atoms with E-state index in [1.54, 1.807) is 5.56 Å². The zero-order valence-electron chi connectivity index (χ0n) is 15.2. The molecule has 0 amide bonds. The second kappa shape index (κ2) is 5.77. The number of allylic oxidation sites excluding steroid dienone is 4. The molecule has 0 aliphatic heterocycles. The van der Waals surface area contributed by atoms with Gasteiger partial charge < -0.3 is 0 Å². The average molecular weight is 314 g/mol. The van der Waals surface area contributed by atoms with Crippen LogP contribution in [0.5, 0.6) is 0 Å². The predicted molar refractivity (Wildman–Crippen MR) is 105 cm³/mol.